The van der Waals surface area contributed by atoms with Gasteiger partial charge in [-0.25, -0.2) is 9.97 Å². The zero-order valence-corrected chi connectivity index (χ0v) is 9.21. The van der Waals surface area contributed by atoms with E-state index in [4.69, 9.17) is 4.74 Å². The standard InChI is InChI=1S/C10H13N5O/c1-3-15-7-8(4-13-15)14-10-11-5-9(16-2)6-12-10/h4-7H,3H2,1-2H3,(H,11,12,14). The smallest absolute Gasteiger partial charge is 0.227 e. The quantitative estimate of drug-likeness (QED) is 0.843. The van der Waals surface area contributed by atoms with Gasteiger partial charge in [0.05, 0.1) is 31.4 Å². The molecule has 84 valence electrons. The van der Waals surface area contributed by atoms with Crippen LogP contribution in [-0.4, -0.2) is 26.9 Å². The van der Waals surface area contributed by atoms with E-state index in [1.54, 1.807) is 25.7 Å². The average Bonchev–Trinajstić information content (AvgIpc) is 2.78. The molecule has 2 aromatic rings. The third kappa shape index (κ3) is 2.28. The Labute approximate surface area is 93.3 Å². The van der Waals surface area contributed by atoms with Crippen molar-refractivity contribution in [3.63, 3.8) is 0 Å². The van der Waals surface area contributed by atoms with Crippen LogP contribution in [0.5, 0.6) is 5.75 Å². The molecule has 2 rings (SSSR count). The van der Waals surface area contributed by atoms with Gasteiger partial charge < -0.3 is 10.1 Å². The summed E-state index contributed by atoms with van der Waals surface area (Å²) in [6.45, 7) is 2.87. The Morgan fingerprint density at radius 1 is 1.31 bits per heavy atom. The number of rotatable bonds is 4. The maximum atomic E-state index is 4.97. The highest BCUT2D eigenvalue weighted by Gasteiger charge is 2.00. The van der Waals surface area contributed by atoms with E-state index in [0.29, 0.717) is 11.7 Å². The summed E-state index contributed by atoms with van der Waals surface area (Å²) in [5.41, 5.74) is 0.868. The van der Waals surface area contributed by atoms with Gasteiger partial charge in [0.25, 0.3) is 0 Å². The molecule has 6 heteroatoms. The molecule has 0 amide bonds. The van der Waals surface area contributed by atoms with Crippen molar-refractivity contribution in [1.29, 1.82) is 0 Å². The number of anilines is 2. The van der Waals surface area contributed by atoms with Gasteiger partial charge in [-0.1, -0.05) is 0 Å². The topological polar surface area (TPSA) is 64.9 Å². The van der Waals surface area contributed by atoms with Crippen molar-refractivity contribution >= 4 is 11.6 Å². The molecule has 0 fully saturated rings. The second-order valence-corrected chi connectivity index (χ2v) is 3.16. The molecule has 0 aliphatic rings. The Morgan fingerprint density at radius 3 is 2.62 bits per heavy atom. The molecule has 0 bridgehead atoms. The number of methoxy groups -OCH3 is 1. The zero-order chi connectivity index (χ0) is 11.4. The summed E-state index contributed by atoms with van der Waals surface area (Å²) in [5, 5.41) is 7.19. The summed E-state index contributed by atoms with van der Waals surface area (Å²) in [4.78, 5) is 8.19. The van der Waals surface area contributed by atoms with E-state index in [9.17, 15) is 0 Å². The van der Waals surface area contributed by atoms with E-state index in [-0.39, 0.29) is 0 Å². The molecule has 0 radical (unpaired) electrons. The van der Waals surface area contributed by atoms with Gasteiger partial charge in [0.1, 0.15) is 0 Å². The molecule has 0 saturated carbocycles. The number of ether oxygens (including phenoxy) is 1. The van der Waals surface area contributed by atoms with Crippen LogP contribution in [0.15, 0.2) is 24.8 Å². The molecule has 0 aromatic carbocycles. The van der Waals surface area contributed by atoms with Crippen LogP contribution in [0.1, 0.15) is 6.92 Å². The first-order valence-electron chi connectivity index (χ1n) is 4.97. The zero-order valence-electron chi connectivity index (χ0n) is 9.21. The average molecular weight is 219 g/mol. The summed E-state index contributed by atoms with van der Waals surface area (Å²) in [6, 6.07) is 0. The summed E-state index contributed by atoms with van der Waals surface area (Å²) in [7, 11) is 1.58. The number of nitrogens with zero attached hydrogens (tertiary/aromatic N) is 4. The predicted molar refractivity (Wildman–Crippen MR) is 59.8 cm³/mol. The molecule has 0 aliphatic carbocycles. The molecule has 0 aliphatic heterocycles. The van der Waals surface area contributed by atoms with E-state index in [0.717, 1.165) is 12.2 Å². The first-order valence-corrected chi connectivity index (χ1v) is 4.97. The molecule has 0 unspecified atom stereocenters. The van der Waals surface area contributed by atoms with Crippen molar-refractivity contribution in [1.82, 2.24) is 19.7 Å². The van der Waals surface area contributed by atoms with Crippen molar-refractivity contribution in [2.75, 3.05) is 12.4 Å². The van der Waals surface area contributed by atoms with E-state index in [2.05, 4.69) is 20.4 Å². The fourth-order valence-corrected chi connectivity index (χ4v) is 1.22. The fourth-order valence-electron chi connectivity index (χ4n) is 1.22. The van der Waals surface area contributed by atoms with Crippen molar-refractivity contribution in [2.45, 2.75) is 13.5 Å². The minimum atomic E-state index is 0.524. The van der Waals surface area contributed by atoms with Gasteiger partial charge in [-0.3, -0.25) is 4.68 Å². The minimum absolute atomic E-state index is 0.524. The van der Waals surface area contributed by atoms with Gasteiger partial charge >= 0.3 is 0 Å². The lowest BCUT2D eigenvalue weighted by molar-refractivity contribution is 0.411. The Morgan fingerprint density at radius 2 is 2.06 bits per heavy atom. The van der Waals surface area contributed by atoms with Gasteiger partial charge in [0.15, 0.2) is 5.75 Å². The van der Waals surface area contributed by atoms with Crippen LogP contribution in [-0.2, 0) is 6.54 Å². The Hall–Kier alpha value is -2.11. The normalized spacial score (nSPS) is 10.1. The fraction of sp³-hybridized carbons (Fsp3) is 0.300. The van der Waals surface area contributed by atoms with Crippen LogP contribution in [0.3, 0.4) is 0 Å². The Balaban J connectivity index is 2.08. The van der Waals surface area contributed by atoms with Crippen molar-refractivity contribution in [3.05, 3.63) is 24.8 Å². The molecule has 2 aromatic heterocycles. The lowest BCUT2D eigenvalue weighted by atomic mass is 10.5. The number of hydrogen-bond acceptors (Lipinski definition) is 5. The molecule has 0 spiro atoms. The largest absolute Gasteiger partial charge is 0.494 e. The highest BCUT2D eigenvalue weighted by atomic mass is 16.5. The third-order valence-electron chi connectivity index (χ3n) is 2.08. The van der Waals surface area contributed by atoms with E-state index >= 15 is 0 Å². The lowest BCUT2D eigenvalue weighted by Gasteiger charge is -2.02. The number of hydrogen-bond donors (Lipinski definition) is 1. The lowest BCUT2D eigenvalue weighted by Crippen LogP contribution is -1.96. The third-order valence-corrected chi connectivity index (χ3v) is 2.08. The number of aryl methyl sites for hydroxylation is 1. The van der Waals surface area contributed by atoms with Crippen molar-refractivity contribution < 1.29 is 4.74 Å². The van der Waals surface area contributed by atoms with Crippen LogP contribution in [0.25, 0.3) is 0 Å². The maximum absolute atomic E-state index is 4.97. The first kappa shape index (κ1) is 10.4. The molecular formula is C10H13N5O. The summed E-state index contributed by atoms with van der Waals surface area (Å²) < 4.78 is 6.80. The molecular weight excluding hydrogens is 206 g/mol. The molecule has 1 N–H and O–H groups in total. The van der Waals surface area contributed by atoms with Crippen LogP contribution >= 0.6 is 0 Å². The van der Waals surface area contributed by atoms with Gasteiger partial charge in [-0.2, -0.15) is 5.10 Å². The van der Waals surface area contributed by atoms with E-state index < -0.39 is 0 Å². The van der Waals surface area contributed by atoms with Crippen LogP contribution < -0.4 is 10.1 Å². The molecule has 16 heavy (non-hydrogen) atoms. The monoisotopic (exact) mass is 219 g/mol. The minimum Gasteiger partial charge on any atom is -0.494 e. The summed E-state index contributed by atoms with van der Waals surface area (Å²) >= 11 is 0. The van der Waals surface area contributed by atoms with Gasteiger partial charge in [-0.05, 0) is 6.92 Å². The molecule has 6 nitrogen and oxygen atoms in total. The highest BCUT2D eigenvalue weighted by molar-refractivity contribution is 5.50. The highest BCUT2D eigenvalue weighted by Crippen LogP contribution is 2.13. The number of aromatic nitrogens is 4. The predicted octanol–water partition coefficient (Wildman–Crippen LogP) is 1.45. The summed E-state index contributed by atoms with van der Waals surface area (Å²) in [6.07, 6.45) is 6.85. The summed E-state index contributed by atoms with van der Waals surface area (Å²) in [5.74, 6) is 1.16. The Bertz CT molecular complexity index is 450. The SMILES string of the molecule is CCn1cc(Nc2ncc(OC)cn2)cn1. The second-order valence-electron chi connectivity index (χ2n) is 3.16. The van der Waals surface area contributed by atoms with Gasteiger partial charge in [0, 0.05) is 12.7 Å². The molecule has 0 atom stereocenters. The number of nitrogens with one attached hydrogen (secondary N) is 1. The van der Waals surface area contributed by atoms with Gasteiger partial charge in [0.2, 0.25) is 5.95 Å². The van der Waals surface area contributed by atoms with Gasteiger partial charge in [-0.15, -0.1) is 0 Å². The second kappa shape index (κ2) is 4.61. The van der Waals surface area contributed by atoms with Crippen molar-refractivity contribution in [3.8, 4) is 5.75 Å². The maximum Gasteiger partial charge on any atom is 0.227 e. The van der Waals surface area contributed by atoms with Crippen LogP contribution in [0.4, 0.5) is 11.6 Å². The van der Waals surface area contributed by atoms with E-state index in [1.807, 2.05) is 17.8 Å². The molecule has 0 saturated heterocycles. The molecule has 2 heterocycles. The first-order chi connectivity index (χ1) is 7.81. The van der Waals surface area contributed by atoms with Crippen LogP contribution in [0.2, 0.25) is 0 Å². The van der Waals surface area contributed by atoms with E-state index in [1.165, 1.54) is 0 Å². The van der Waals surface area contributed by atoms with Crippen LogP contribution in [0, 0.1) is 0 Å². The Kier molecular flexibility index (Phi) is 3.00. The van der Waals surface area contributed by atoms with Crippen molar-refractivity contribution in [2.24, 2.45) is 0 Å².